The first-order valence-corrected chi connectivity index (χ1v) is 6.46. The van der Waals surface area contributed by atoms with Crippen LogP contribution >= 0.6 is 23.2 Å². The van der Waals surface area contributed by atoms with Crippen molar-refractivity contribution in [1.82, 2.24) is 0 Å². The molecule has 0 saturated carbocycles. The molecule has 0 spiro atoms. The molecule has 0 bridgehead atoms. The average Bonchev–Trinajstić information content (AvgIpc) is 2.42. The van der Waals surface area contributed by atoms with Crippen LogP contribution in [0.5, 0.6) is 0 Å². The van der Waals surface area contributed by atoms with E-state index in [1.54, 1.807) is 0 Å². The van der Waals surface area contributed by atoms with Gasteiger partial charge in [0.1, 0.15) is 0 Å². The van der Waals surface area contributed by atoms with E-state index in [9.17, 15) is 18.0 Å². The van der Waals surface area contributed by atoms with E-state index in [1.807, 2.05) is 0 Å². The molecule has 0 atom stereocenters. The summed E-state index contributed by atoms with van der Waals surface area (Å²) in [5, 5.41) is 3.12. The monoisotopic (exact) mass is 333 g/mol. The molecule has 2 aromatic rings. The molecule has 0 heterocycles. The van der Waals surface area contributed by atoms with Crippen molar-refractivity contribution in [2.75, 3.05) is 5.32 Å². The smallest absolute Gasteiger partial charge is 0.322 e. The molecule has 0 radical (unpaired) electrons. The van der Waals surface area contributed by atoms with Crippen LogP contribution < -0.4 is 5.32 Å². The zero-order valence-corrected chi connectivity index (χ0v) is 11.9. The fraction of sp³-hybridized carbons (Fsp3) is 0.0714. The van der Waals surface area contributed by atoms with Gasteiger partial charge in [0, 0.05) is 11.3 Å². The first-order chi connectivity index (χ1) is 9.77. The van der Waals surface area contributed by atoms with Gasteiger partial charge < -0.3 is 5.32 Å². The van der Waals surface area contributed by atoms with Crippen LogP contribution in [0.1, 0.15) is 15.9 Å². The van der Waals surface area contributed by atoms with E-state index in [1.165, 1.54) is 18.2 Å². The highest BCUT2D eigenvalue weighted by molar-refractivity contribution is 6.42. The predicted molar refractivity (Wildman–Crippen MR) is 75.9 cm³/mol. The van der Waals surface area contributed by atoms with Gasteiger partial charge in [-0.2, -0.15) is 13.2 Å². The summed E-state index contributed by atoms with van der Waals surface area (Å²) in [6.45, 7) is 0. The molecule has 0 saturated heterocycles. The number of hydrogen-bond acceptors (Lipinski definition) is 1. The summed E-state index contributed by atoms with van der Waals surface area (Å²) in [4.78, 5) is 11.9. The van der Waals surface area contributed by atoms with Crippen LogP contribution in [0.25, 0.3) is 0 Å². The molecule has 2 rings (SSSR count). The lowest BCUT2D eigenvalue weighted by Gasteiger charge is -2.09. The van der Waals surface area contributed by atoms with Gasteiger partial charge in [-0.05, 0) is 42.5 Å². The molecule has 2 nitrogen and oxygen atoms in total. The third-order valence-corrected chi connectivity index (χ3v) is 3.39. The SMILES string of the molecule is O=C(Nc1ccc(Cl)c(Cl)c1)c1ccc(C(F)(F)F)cc1. The Labute approximate surface area is 128 Å². The van der Waals surface area contributed by atoms with E-state index in [4.69, 9.17) is 23.2 Å². The minimum Gasteiger partial charge on any atom is -0.322 e. The minimum absolute atomic E-state index is 0.106. The lowest BCUT2D eigenvalue weighted by atomic mass is 10.1. The summed E-state index contributed by atoms with van der Waals surface area (Å²) in [6, 6.07) is 8.41. The summed E-state index contributed by atoms with van der Waals surface area (Å²) in [5.41, 5.74) is -0.308. The third kappa shape index (κ3) is 3.89. The van der Waals surface area contributed by atoms with Crippen LogP contribution in [-0.2, 0) is 6.18 Å². The van der Waals surface area contributed by atoms with E-state index in [-0.39, 0.29) is 10.6 Å². The van der Waals surface area contributed by atoms with Crippen molar-refractivity contribution in [2.45, 2.75) is 6.18 Å². The fourth-order valence-corrected chi connectivity index (χ4v) is 1.89. The van der Waals surface area contributed by atoms with Crippen molar-refractivity contribution in [3.05, 3.63) is 63.6 Å². The van der Waals surface area contributed by atoms with E-state index in [0.717, 1.165) is 24.3 Å². The Balaban J connectivity index is 2.15. The molecule has 0 aromatic heterocycles. The van der Waals surface area contributed by atoms with Crippen LogP contribution in [0.2, 0.25) is 10.0 Å². The second kappa shape index (κ2) is 5.95. The first kappa shape index (κ1) is 15.7. The highest BCUT2D eigenvalue weighted by Gasteiger charge is 2.30. The minimum atomic E-state index is -4.43. The number of hydrogen-bond donors (Lipinski definition) is 1. The molecule has 0 aliphatic rings. The molecule has 21 heavy (non-hydrogen) atoms. The van der Waals surface area contributed by atoms with Gasteiger partial charge in [-0.25, -0.2) is 0 Å². The topological polar surface area (TPSA) is 29.1 Å². The van der Waals surface area contributed by atoms with Crippen LogP contribution in [0.15, 0.2) is 42.5 Å². The molecule has 0 unspecified atom stereocenters. The standard InChI is InChI=1S/C14H8Cl2F3NO/c15-11-6-5-10(7-12(11)16)20-13(21)8-1-3-9(4-2-8)14(17,18)19/h1-7H,(H,20,21). The zero-order chi connectivity index (χ0) is 15.6. The van der Waals surface area contributed by atoms with Gasteiger partial charge in [-0.15, -0.1) is 0 Å². The molecular weight excluding hydrogens is 326 g/mol. The normalized spacial score (nSPS) is 11.3. The number of alkyl halides is 3. The zero-order valence-electron chi connectivity index (χ0n) is 10.3. The Morgan fingerprint density at radius 2 is 1.57 bits per heavy atom. The van der Waals surface area contributed by atoms with Crippen molar-refractivity contribution in [3.8, 4) is 0 Å². The van der Waals surface area contributed by atoms with Crippen LogP contribution in [0.3, 0.4) is 0 Å². The predicted octanol–water partition coefficient (Wildman–Crippen LogP) is 5.26. The van der Waals surface area contributed by atoms with Crippen molar-refractivity contribution in [2.24, 2.45) is 0 Å². The molecule has 7 heteroatoms. The Morgan fingerprint density at radius 3 is 2.10 bits per heavy atom. The first-order valence-electron chi connectivity index (χ1n) is 5.71. The van der Waals surface area contributed by atoms with Crippen molar-refractivity contribution in [3.63, 3.8) is 0 Å². The molecule has 2 aromatic carbocycles. The van der Waals surface area contributed by atoms with Crippen molar-refractivity contribution < 1.29 is 18.0 Å². The van der Waals surface area contributed by atoms with Crippen molar-refractivity contribution >= 4 is 34.8 Å². The maximum atomic E-state index is 12.4. The maximum absolute atomic E-state index is 12.4. The molecule has 1 amide bonds. The molecule has 0 aliphatic heterocycles. The number of nitrogens with one attached hydrogen (secondary N) is 1. The second-order valence-corrected chi connectivity index (χ2v) is 4.97. The van der Waals surface area contributed by atoms with Gasteiger partial charge in [0.15, 0.2) is 0 Å². The van der Waals surface area contributed by atoms with Gasteiger partial charge in [0.25, 0.3) is 5.91 Å². The van der Waals surface area contributed by atoms with E-state index in [0.29, 0.717) is 10.7 Å². The Bertz CT molecular complexity index is 669. The number of carbonyl (C=O) groups is 1. The molecule has 0 fully saturated rings. The second-order valence-electron chi connectivity index (χ2n) is 4.16. The lowest BCUT2D eigenvalue weighted by Crippen LogP contribution is -2.12. The Morgan fingerprint density at radius 1 is 0.952 bits per heavy atom. The number of halogens is 5. The van der Waals surface area contributed by atoms with Gasteiger partial charge in [0.05, 0.1) is 15.6 Å². The van der Waals surface area contributed by atoms with Gasteiger partial charge >= 0.3 is 6.18 Å². The van der Waals surface area contributed by atoms with Crippen LogP contribution in [0, 0.1) is 0 Å². The molecule has 110 valence electrons. The summed E-state index contributed by atoms with van der Waals surface area (Å²) in [5.74, 6) is -0.540. The van der Waals surface area contributed by atoms with Crippen LogP contribution in [-0.4, -0.2) is 5.91 Å². The number of rotatable bonds is 2. The van der Waals surface area contributed by atoms with Gasteiger partial charge in [0.2, 0.25) is 0 Å². The van der Waals surface area contributed by atoms with Crippen LogP contribution in [0.4, 0.5) is 18.9 Å². The third-order valence-electron chi connectivity index (χ3n) is 2.65. The highest BCUT2D eigenvalue weighted by Crippen LogP contribution is 2.29. The van der Waals surface area contributed by atoms with E-state index < -0.39 is 17.6 Å². The molecular formula is C14H8Cl2F3NO. The van der Waals surface area contributed by atoms with E-state index in [2.05, 4.69) is 5.32 Å². The summed E-state index contributed by atoms with van der Waals surface area (Å²) >= 11 is 11.5. The van der Waals surface area contributed by atoms with E-state index >= 15 is 0 Å². The molecule has 1 N–H and O–H groups in total. The summed E-state index contributed by atoms with van der Waals surface area (Å²) < 4.78 is 37.3. The largest absolute Gasteiger partial charge is 0.416 e. The highest BCUT2D eigenvalue weighted by atomic mass is 35.5. The fourth-order valence-electron chi connectivity index (χ4n) is 1.59. The number of amides is 1. The quantitative estimate of drug-likeness (QED) is 0.797. The van der Waals surface area contributed by atoms with Gasteiger partial charge in [-0.1, -0.05) is 23.2 Å². The average molecular weight is 334 g/mol. The summed E-state index contributed by atoms with van der Waals surface area (Å²) in [7, 11) is 0. The molecule has 0 aliphatic carbocycles. The lowest BCUT2D eigenvalue weighted by molar-refractivity contribution is -0.137. The number of carbonyl (C=O) groups excluding carboxylic acids is 1. The van der Waals surface area contributed by atoms with Gasteiger partial charge in [-0.3, -0.25) is 4.79 Å². The number of anilines is 1. The van der Waals surface area contributed by atoms with Crippen molar-refractivity contribution in [1.29, 1.82) is 0 Å². The summed E-state index contributed by atoms with van der Waals surface area (Å²) in [6.07, 6.45) is -4.43. The number of benzene rings is 2. The Kier molecular flexibility index (Phi) is 4.44. The Hall–Kier alpha value is -1.72. The maximum Gasteiger partial charge on any atom is 0.416 e.